The van der Waals surface area contributed by atoms with Crippen molar-refractivity contribution in [3.63, 3.8) is 0 Å². The van der Waals surface area contributed by atoms with Crippen LogP contribution in [-0.4, -0.2) is 87.4 Å². The first kappa shape index (κ1) is 51.8. The average Bonchev–Trinajstić information content (AvgIpc) is 3.12. The molecule has 0 saturated heterocycles. The number of hydrogen-bond donors (Lipinski definition) is 1. The van der Waals surface area contributed by atoms with Crippen molar-refractivity contribution in [1.82, 2.24) is 0 Å². The molecule has 2 unspecified atom stereocenters. The molecule has 54 heavy (non-hydrogen) atoms. The Kier molecular flexibility index (Phi) is 36.1. The summed E-state index contributed by atoms with van der Waals surface area (Å²) in [6, 6.07) is 0. The highest BCUT2D eigenvalue weighted by Gasteiger charge is 2.25. The van der Waals surface area contributed by atoms with Crippen molar-refractivity contribution in [3.05, 3.63) is 24.3 Å². The molecule has 0 aromatic carbocycles. The predicted molar refractivity (Wildman–Crippen MR) is 221 cm³/mol. The first-order chi connectivity index (χ1) is 26.1. The quantitative estimate of drug-likeness (QED) is 0.0216. The number of rotatable bonds is 40. The Labute approximate surface area is 331 Å². The van der Waals surface area contributed by atoms with Gasteiger partial charge in [-0.2, -0.15) is 0 Å². The van der Waals surface area contributed by atoms with Crippen LogP contribution >= 0.6 is 0 Å². The van der Waals surface area contributed by atoms with Gasteiger partial charge in [0.15, 0.2) is 6.10 Å². The Morgan fingerprint density at radius 2 is 0.944 bits per heavy atom. The van der Waals surface area contributed by atoms with E-state index in [9.17, 15) is 19.5 Å². The first-order valence-electron chi connectivity index (χ1n) is 22.0. The molecule has 0 bridgehead atoms. The second kappa shape index (κ2) is 37.7. The maximum atomic E-state index is 12.7. The summed E-state index contributed by atoms with van der Waals surface area (Å²) in [5.41, 5.74) is 0. The Balaban J connectivity index is 4.45. The predicted octanol–water partition coefficient (Wildman–Crippen LogP) is 11.3. The molecule has 2 atom stereocenters. The minimum absolute atomic E-state index is 0.186. The van der Waals surface area contributed by atoms with Crippen molar-refractivity contribution >= 4 is 17.9 Å². The fraction of sp³-hybridized carbons (Fsp3) is 0.844. The second-order valence-corrected chi connectivity index (χ2v) is 16.0. The Bertz CT molecular complexity index is 944. The molecule has 0 aliphatic carbocycles. The van der Waals surface area contributed by atoms with Crippen molar-refractivity contribution in [2.75, 3.05) is 47.5 Å². The monoisotopic (exact) mass is 767 g/mol. The lowest BCUT2D eigenvalue weighted by Gasteiger charge is -2.25. The average molecular weight is 767 g/mol. The van der Waals surface area contributed by atoms with Gasteiger partial charge in [0.05, 0.1) is 34.4 Å². The number of carboxylic acids is 1. The molecule has 316 valence electrons. The summed E-state index contributed by atoms with van der Waals surface area (Å²) in [4.78, 5) is 37.0. The van der Waals surface area contributed by atoms with Crippen LogP contribution in [0.5, 0.6) is 0 Å². The maximum Gasteiger partial charge on any atom is 0.361 e. The zero-order valence-corrected chi connectivity index (χ0v) is 35.6. The van der Waals surface area contributed by atoms with Crippen LogP contribution in [0.3, 0.4) is 0 Å². The van der Waals surface area contributed by atoms with Gasteiger partial charge >= 0.3 is 17.9 Å². The van der Waals surface area contributed by atoms with Crippen LogP contribution in [0, 0.1) is 0 Å². The standard InChI is InChI=1S/C45H83NO8/c1-6-8-10-12-14-16-18-20-21-22-23-24-26-28-30-32-34-36-43(48)54-41(40-53-45(44(49)50)51-38-37-46(3,4)5)39-52-42(47)35-33-31-29-27-25-19-17-15-13-11-9-7-2/h15,17,20-21,41,45H,6-14,16,18-19,22-40H2,1-5H3/p+1/b17-15-,21-20-. The SMILES string of the molecule is CCCCC/C=C\CCCCCCCC(=O)OCC(COC(OCC[N+](C)(C)C)C(=O)O)OC(=O)CCCCCCCCC/C=C\CCCCCCCC. The number of hydrogen-bond acceptors (Lipinski definition) is 7. The van der Waals surface area contributed by atoms with Crippen LogP contribution in [-0.2, 0) is 33.3 Å². The molecule has 0 aliphatic heterocycles. The first-order valence-corrected chi connectivity index (χ1v) is 22.0. The Hall–Kier alpha value is -2.23. The number of unbranched alkanes of at least 4 members (excludes halogenated alkanes) is 21. The van der Waals surface area contributed by atoms with Gasteiger partial charge in [0.2, 0.25) is 0 Å². The second-order valence-electron chi connectivity index (χ2n) is 16.0. The third-order valence-corrected chi connectivity index (χ3v) is 9.43. The van der Waals surface area contributed by atoms with Crippen molar-refractivity contribution in [2.24, 2.45) is 0 Å². The molecule has 0 saturated carbocycles. The van der Waals surface area contributed by atoms with Crippen LogP contribution in [0.4, 0.5) is 0 Å². The van der Waals surface area contributed by atoms with E-state index in [4.69, 9.17) is 18.9 Å². The molecule has 1 N–H and O–H groups in total. The summed E-state index contributed by atoms with van der Waals surface area (Å²) < 4.78 is 22.7. The highest BCUT2D eigenvalue weighted by Crippen LogP contribution is 2.14. The number of allylic oxidation sites excluding steroid dienone is 4. The number of carboxylic acid groups (broad SMARTS) is 1. The Morgan fingerprint density at radius 1 is 0.537 bits per heavy atom. The summed E-state index contributed by atoms with van der Waals surface area (Å²) in [5.74, 6) is -2.02. The fourth-order valence-corrected chi connectivity index (χ4v) is 5.94. The summed E-state index contributed by atoms with van der Waals surface area (Å²) >= 11 is 0. The molecule has 0 fully saturated rings. The lowest BCUT2D eigenvalue weighted by molar-refractivity contribution is -0.870. The molecule has 0 aliphatic rings. The van der Waals surface area contributed by atoms with Crippen LogP contribution in [0.2, 0.25) is 0 Å². The van der Waals surface area contributed by atoms with E-state index >= 15 is 0 Å². The minimum atomic E-state index is -1.51. The molecular formula is C45H84NO8+. The van der Waals surface area contributed by atoms with Gasteiger partial charge in [0.25, 0.3) is 6.29 Å². The molecule has 0 aromatic rings. The molecule has 0 amide bonds. The molecule has 0 aromatic heterocycles. The smallest absolute Gasteiger partial charge is 0.361 e. The van der Waals surface area contributed by atoms with Crippen molar-refractivity contribution in [2.45, 2.75) is 200 Å². The summed E-state index contributed by atoms with van der Waals surface area (Å²) in [5, 5.41) is 9.62. The van der Waals surface area contributed by atoms with E-state index < -0.39 is 24.3 Å². The zero-order chi connectivity index (χ0) is 40.0. The molecule has 0 heterocycles. The summed E-state index contributed by atoms with van der Waals surface area (Å²) in [6.45, 7) is 4.82. The number of likely N-dealkylation sites (N-methyl/N-ethyl adjacent to an activating group) is 1. The van der Waals surface area contributed by atoms with E-state index in [1.807, 2.05) is 21.1 Å². The van der Waals surface area contributed by atoms with Crippen LogP contribution in [0.15, 0.2) is 24.3 Å². The summed E-state index contributed by atoms with van der Waals surface area (Å²) in [6.07, 6.45) is 36.6. The van der Waals surface area contributed by atoms with Crippen LogP contribution in [0.1, 0.15) is 187 Å². The van der Waals surface area contributed by atoms with Gasteiger partial charge in [-0.05, 0) is 64.2 Å². The maximum absolute atomic E-state index is 12.7. The molecule has 0 rings (SSSR count). The van der Waals surface area contributed by atoms with E-state index in [0.717, 1.165) is 64.2 Å². The van der Waals surface area contributed by atoms with E-state index in [-0.39, 0.29) is 32.2 Å². The van der Waals surface area contributed by atoms with E-state index in [1.54, 1.807) is 0 Å². The van der Waals surface area contributed by atoms with Gasteiger partial charge < -0.3 is 28.5 Å². The van der Waals surface area contributed by atoms with Gasteiger partial charge in [-0.3, -0.25) is 9.59 Å². The van der Waals surface area contributed by atoms with Crippen molar-refractivity contribution < 1.29 is 42.9 Å². The van der Waals surface area contributed by atoms with E-state index in [2.05, 4.69) is 38.2 Å². The van der Waals surface area contributed by atoms with Gasteiger partial charge in [0.1, 0.15) is 13.2 Å². The zero-order valence-electron chi connectivity index (χ0n) is 35.6. The third-order valence-electron chi connectivity index (χ3n) is 9.43. The van der Waals surface area contributed by atoms with Gasteiger partial charge in [-0.25, -0.2) is 4.79 Å². The highest BCUT2D eigenvalue weighted by molar-refractivity contribution is 5.71. The third kappa shape index (κ3) is 38.1. The summed E-state index contributed by atoms with van der Waals surface area (Å²) in [7, 11) is 5.95. The van der Waals surface area contributed by atoms with Gasteiger partial charge in [0, 0.05) is 12.8 Å². The molecule has 0 radical (unpaired) electrons. The lowest BCUT2D eigenvalue weighted by Crippen LogP contribution is -2.40. The van der Waals surface area contributed by atoms with Gasteiger partial charge in [-0.15, -0.1) is 0 Å². The number of aliphatic carboxylic acids is 1. The highest BCUT2D eigenvalue weighted by atomic mass is 16.7. The number of ether oxygens (including phenoxy) is 4. The number of carbonyl (C=O) groups excluding carboxylic acids is 2. The lowest BCUT2D eigenvalue weighted by atomic mass is 10.1. The number of quaternary nitrogens is 1. The van der Waals surface area contributed by atoms with E-state index in [1.165, 1.54) is 89.9 Å². The number of nitrogens with zero attached hydrogens (tertiary/aromatic N) is 1. The van der Waals surface area contributed by atoms with Crippen LogP contribution in [0.25, 0.3) is 0 Å². The normalized spacial score (nSPS) is 13.1. The van der Waals surface area contributed by atoms with Crippen molar-refractivity contribution in [3.8, 4) is 0 Å². The number of esters is 2. The van der Waals surface area contributed by atoms with Gasteiger partial charge in [-0.1, -0.05) is 134 Å². The van der Waals surface area contributed by atoms with Crippen molar-refractivity contribution in [1.29, 1.82) is 0 Å². The molecule has 0 spiro atoms. The van der Waals surface area contributed by atoms with Crippen LogP contribution < -0.4 is 0 Å². The number of carbonyl (C=O) groups is 3. The molecule has 9 heteroatoms. The fourth-order valence-electron chi connectivity index (χ4n) is 5.94. The topological polar surface area (TPSA) is 108 Å². The minimum Gasteiger partial charge on any atom is -0.477 e. The van der Waals surface area contributed by atoms with E-state index in [0.29, 0.717) is 23.9 Å². The molecule has 9 nitrogen and oxygen atoms in total. The largest absolute Gasteiger partial charge is 0.477 e. The molecular weight excluding hydrogens is 682 g/mol. The Morgan fingerprint density at radius 3 is 1.41 bits per heavy atom.